The second-order valence-corrected chi connectivity index (χ2v) is 6.44. The Hall–Kier alpha value is -2.33. The Morgan fingerprint density at radius 3 is 2.39 bits per heavy atom. The van der Waals surface area contributed by atoms with Crippen molar-refractivity contribution in [2.24, 2.45) is 5.92 Å². The number of amides is 2. The number of anilines is 1. The maximum Gasteiger partial charge on any atom is 0.321 e. The maximum atomic E-state index is 12.4. The Bertz CT molecular complexity index is 674. The fourth-order valence-electron chi connectivity index (χ4n) is 3.64. The molecule has 0 unspecified atom stereocenters. The molecule has 0 radical (unpaired) electrons. The maximum absolute atomic E-state index is 12.4. The molecule has 2 heterocycles. The van der Waals surface area contributed by atoms with Crippen LogP contribution in [0.25, 0.3) is 0 Å². The summed E-state index contributed by atoms with van der Waals surface area (Å²) in [7, 11) is 0. The van der Waals surface area contributed by atoms with E-state index in [-0.39, 0.29) is 6.03 Å². The molecule has 0 bridgehead atoms. The molecule has 2 aromatic carbocycles. The summed E-state index contributed by atoms with van der Waals surface area (Å²) < 4.78 is 0. The normalized spacial score (nSPS) is 23.2. The third-order valence-corrected chi connectivity index (χ3v) is 4.89. The van der Waals surface area contributed by atoms with Crippen LogP contribution in [0.1, 0.15) is 5.56 Å². The highest BCUT2D eigenvalue weighted by Gasteiger charge is 2.46. The van der Waals surface area contributed by atoms with Crippen LogP contribution in [0.5, 0.6) is 0 Å². The van der Waals surface area contributed by atoms with E-state index in [0.717, 1.165) is 31.9 Å². The lowest BCUT2D eigenvalue weighted by atomic mass is 9.91. The first-order chi connectivity index (χ1) is 11.3. The van der Waals surface area contributed by atoms with Gasteiger partial charge in [0.1, 0.15) is 0 Å². The van der Waals surface area contributed by atoms with Crippen LogP contribution >= 0.6 is 0 Å². The lowest BCUT2D eigenvalue weighted by molar-refractivity contribution is 0.0435. The van der Waals surface area contributed by atoms with Crippen molar-refractivity contribution < 1.29 is 4.79 Å². The van der Waals surface area contributed by atoms with Crippen molar-refractivity contribution in [3.63, 3.8) is 0 Å². The lowest BCUT2D eigenvalue weighted by Gasteiger charge is -2.43. The third-order valence-electron chi connectivity index (χ3n) is 4.89. The fourth-order valence-corrected chi connectivity index (χ4v) is 3.64. The van der Waals surface area contributed by atoms with Crippen molar-refractivity contribution in [1.29, 1.82) is 0 Å². The monoisotopic (exact) mass is 307 g/mol. The van der Waals surface area contributed by atoms with E-state index in [0.29, 0.717) is 12.0 Å². The molecule has 0 spiro atoms. The summed E-state index contributed by atoms with van der Waals surface area (Å²) >= 11 is 0. The highest BCUT2D eigenvalue weighted by molar-refractivity contribution is 5.89. The van der Waals surface area contributed by atoms with Crippen molar-refractivity contribution in [3.05, 3.63) is 66.2 Å². The zero-order valence-corrected chi connectivity index (χ0v) is 13.1. The topological polar surface area (TPSA) is 35.6 Å². The Morgan fingerprint density at radius 2 is 1.65 bits per heavy atom. The molecule has 23 heavy (non-hydrogen) atoms. The van der Waals surface area contributed by atoms with Gasteiger partial charge in [0.25, 0.3) is 0 Å². The molecule has 2 aliphatic rings. The van der Waals surface area contributed by atoms with E-state index in [1.165, 1.54) is 5.56 Å². The van der Waals surface area contributed by atoms with Gasteiger partial charge >= 0.3 is 6.03 Å². The van der Waals surface area contributed by atoms with Crippen LogP contribution in [-0.4, -0.2) is 41.5 Å². The summed E-state index contributed by atoms with van der Waals surface area (Å²) in [5.74, 6) is 0.625. The minimum absolute atomic E-state index is 0.0188. The van der Waals surface area contributed by atoms with E-state index >= 15 is 0 Å². The molecule has 4 heteroatoms. The van der Waals surface area contributed by atoms with E-state index in [1.54, 1.807) is 0 Å². The molecule has 2 aliphatic heterocycles. The Balaban J connectivity index is 1.34. The molecule has 2 fully saturated rings. The minimum Gasteiger partial charge on any atom is -0.323 e. The molecule has 0 saturated carbocycles. The van der Waals surface area contributed by atoms with Crippen LogP contribution in [0.3, 0.4) is 0 Å². The van der Waals surface area contributed by atoms with Crippen LogP contribution < -0.4 is 5.32 Å². The van der Waals surface area contributed by atoms with Gasteiger partial charge in [0.05, 0.1) is 0 Å². The van der Waals surface area contributed by atoms with Crippen LogP contribution in [0.4, 0.5) is 10.5 Å². The number of nitrogens with zero attached hydrogens (tertiary/aromatic N) is 2. The second-order valence-electron chi connectivity index (χ2n) is 6.44. The molecule has 2 saturated heterocycles. The predicted molar refractivity (Wildman–Crippen MR) is 91.2 cm³/mol. The molecule has 0 aliphatic carbocycles. The van der Waals surface area contributed by atoms with Crippen LogP contribution in [0, 0.1) is 5.92 Å². The quantitative estimate of drug-likeness (QED) is 0.946. The largest absolute Gasteiger partial charge is 0.323 e. The van der Waals surface area contributed by atoms with E-state index in [9.17, 15) is 4.79 Å². The standard InChI is InChI=1S/C19H21N3O/c23-19(20-17-9-5-2-6-10-17)22-13-16-12-21(18(16)14-22)11-15-7-3-1-4-8-15/h1-10,16,18H,11-14H2,(H,20,23)/t16-,18-/m0/s1. The van der Waals surface area contributed by atoms with Crippen LogP contribution in [0.2, 0.25) is 0 Å². The van der Waals surface area contributed by atoms with Gasteiger partial charge in [-0.2, -0.15) is 0 Å². The number of fused-ring (bicyclic) bond motifs is 1. The average Bonchev–Trinajstić information content (AvgIpc) is 2.92. The summed E-state index contributed by atoms with van der Waals surface area (Å²) in [6, 6.07) is 20.7. The van der Waals surface area contributed by atoms with Crippen molar-refractivity contribution in [3.8, 4) is 0 Å². The second kappa shape index (κ2) is 6.05. The first kappa shape index (κ1) is 14.3. The Morgan fingerprint density at radius 1 is 0.957 bits per heavy atom. The molecular weight excluding hydrogens is 286 g/mol. The van der Waals surface area contributed by atoms with Crippen molar-refractivity contribution >= 4 is 11.7 Å². The van der Waals surface area contributed by atoms with Gasteiger partial charge in [0.15, 0.2) is 0 Å². The number of benzene rings is 2. The molecule has 118 valence electrons. The first-order valence-corrected chi connectivity index (χ1v) is 8.18. The van der Waals surface area contributed by atoms with Crippen molar-refractivity contribution in [2.45, 2.75) is 12.6 Å². The number of likely N-dealkylation sites (tertiary alicyclic amines) is 2. The molecule has 2 aromatic rings. The van der Waals surface area contributed by atoms with Crippen LogP contribution in [-0.2, 0) is 6.54 Å². The van der Waals surface area contributed by atoms with E-state index in [2.05, 4.69) is 34.5 Å². The highest BCUT2D eigenvalue weighted by Crippen LogP contribution is 2.33. The Labute approximate surface area is 136 Å². The highest BCUT2D eigenvalue weighted by atomic mass is 16.2. The van der Waals surface area contributed by atoms with Gasteiger partial charge in [-0.05, 0) is 17.7 Å². The number of rotatable bonds is 3. The van der Waals surface area contributed by atoms with E-state index in [4.69, 9.17) is 0 Å². The summed E-state index contributed by atoms with van der Waals surface area (Å²) in [5.41, 5.74) is 2.20. The van der Waals surface area contributed by atoms with Gasteiger partial charge in [0.2, 0.25) is 0 Å². The van der Waals surface area contributed by atoms with Gasteiger partial charge in [-0.3, -0.25) is 4.90 Å². The van der Waals surface area contributed by atoms with Crippen LogP contribution in [0.15, 0.2) is 60.7 Å². The van der Waals surface area contributed by atoms with Crippen molar-refractivity contribution in [2.75, 3.05) is 25.0 Å². The number of carbonyl (C=O) groups excluding carboxylic acids is 1. The molecule has 2 amide bonds. The minimum atomic E-state index is 0.0188. The Kier molecular flexibility index (Phi) is 3.75. The van der Waals surface area contributed by atoms with Gasteiger partial charge < -0.3 is 10.2 Å². The summed E-state index contributed by atoms with van der Waals surface area (Å²) in [6.45, 7) is 3.77. The average molecular weight is 307 g/mol. The number of hydrogen-bond acceptors (Lipinski definition) is 2. The fraction of sp³-hybridized carbons (Fsp3) is 0.316. The van der Waals surface area contributed by atoms with Gasteiger partial charge in [-0.1, -0.05) is 48.5 Å². The molecule has 4 rings (SSSR count). The molecule has 4 nitrogen and oxygen atoms in total. The third kappa shape index (κ3) is 2.94. The SMILES string of the molecule is O=C(Nc1ccccc1)N1C[C@@H]2CN(Cc3ccccc3)[C@H]2C1. The summed E-state index contributed by atoms with van der Waals surface area (Å²) in [5, 5.41) is 2.99. The molecule has 2 atom stereocenters. The predicted octanol–water partition coefficient (Wildman–Crippen LogP) is 3.03. The number of para-hydroxylation sites is 1. The zero-order chi connectivity index (χ0) is 15.6. The number of urea groups is 1. The molecule has 1 N–H and O–H groups in total. The summed E-state index contributed by atoms with van der Waals surface area (Å²) in [4.78, 5) is 16.8. The van der Waals surface area contributed by atoms with E-state index in [1.807, 2.05) is 41.3 Å². The summed E-state index contributed by atoms with van der Waals surface area (Å²) in [6.07, 6.45) is 0. The van der Waals surface area contributed by atoms with Crippen molar-refractivity contribution in [1.82, 2.24) is 9.80 Å². The van der Waals surface area contributed by atoms with Gasteiger partial charge in [-0.25, -0.2) is 4.79 Å². The zero-order valence-electron chi connectivity index (χ0n) is 13.1. The molecule has 0 aromatic heterocycles. The lowest BCUT2D eigenvalue weighted by Crippen LogP contribution is -2.54. The molecular formula is C19H21N3O. The number of nitrogens with one attached hydrogen (secondary N) is 1. The smallest absolute Gasteiger partial charge is 0.321 e. The first-order valence-electron chi connectivity index (χ1n) is 8.18. The van der Waals surface area contributed by atoms with E-state index < -0.39 is 0 Å². The number of hydrogen-bond donors (Lipinski definition) is 1. The van der Waals surface area contributed by atoms with Gasteiger partial charge in [-0.15, -0.1) is 0 Å². The van der Waals surface area contributed by atoms with Gasteiger partial charge in [0, 0.05) is 43.8 Å². The number of carbonyl (C=O) groups is 1.